The third kappa shape index (κ3) is 0.807. The molecule has 0 saturated heterocycles. The molecule has 1 spiro atoms. The SMILES string of the molecule is CC1(C)CC=CC23C=Cc4occc4C2C13. The monoisotopic (exact) mass is 212 g/mol. The van der Waals surface area contributed by atoms with Crippen molar-refractivity contribution in [2.45, 2.75) is 26.2 Å². The van der Waals surface area contributed by atoms with E-state index in [1.807, 2.05) is 6.26 Å². The molecule has 16 heavy (non-hydrogen) atoms. The molecule has 3 unspecified atom stereocenters. The maximum Gasteiger partial charge on any atom is 0.129 e. The Kier molecular flexibility index (Phi) is 1.31. The lowest BCUT2D eigenvalue weighted by Crippen LogP contribution is -2.20. The van der Waals surface area contributed by atoms with Crippen LogP contribution in [-0.2, 0) is 0 Å². The quantitative estimate of drug-likeness (QED) is 0.592. The summed E-state index contributed by atoms with van der Waals surface area (Å²) in [5.41, 5.74) is 2.16. The van der Waals surface area contributed by atoms with Crippen molar-refractivity contribution in [2.24, 2.45) is 16.7 Å². The van der Waals surface area contributed by atoms with Crippen LogP contribution in [0.4, 0.5) is 0 Å². The normalized spacial score (nSPS) is 41.1. The molecule has 3 atom stereocenters. The molecule has 1 aromatic rings. The number of fused-ring (bicyclic) bond motifs is 3. The van der Waals surface area contributed by atoms with Crippen molar-refractivity contribution in [2.75, 3.05) is 0 Å². The topological polar surface area (TPSA) is 13.1 Å². The van der Waals surface area contributed by atoms with E-state index < -0.39 is 0 Å². The fourth-order valence-electron chi connectivity index (χ4n) is 4.11. The summed E-state index contributed by atoms with van der Waals surface area (Å²) < 4.78 is 5.51. The van der Waals surface area contributed by atoms with Gasteiger partial charge in [-0.25, -0.2) is 0 Å². The fraction of sp³-hybridized carbons (Fsp3) is 0.467. The summed E-state index contributed by atoms with van der Waals surface area (Å²) >= 11 is 0. The molecular formula is C15H16O. The van der Waals surface area contributed by atoms with Gasteiger partial charge in [-0.05, 0) is 29.9 Å². The molecule has 1 heteroatoms. The predicted molar refractivity (Wildman–Crippen MR) is 63.9 cm³/mol. The van der Waals surface area contributed by atoms with Crippen LogP contribution < -0.4 is 0 Å². The highest BCUT2D eigenvalue weighted by molar-refractivity contribution is 5.63. The summed E-state index contributed by atoms with van der Waals surface area (Å²) in [6, 6.07) is 2.16. The van der Waals surface area contributed by atoms with Crippen molar-refractivity contribution in [3.05, 3.63) is 41.9 Å². The van der Waals surface area contributed by atoms with Crippen LogP contribution in [0.25, 0.3) is 6.08 Å². The van der Waals surface area contributed by atoms with Crippen LogP contribution in [0.2, 0.25) is 0 Å². The van der Waals surface area contributed by atoms with Gasteiger partial charge in [0.2, 0.25) is 0 Å². The van der Waals surface area contributed by atoms with Gasteiger partial charge < -0.3 is 4.42 Å². The second-order valence-electron chi connectivity index (χ2n) is 6.12. The summed E-state index contributed by atoms with van der Waals surface area (Å²) in [5.74, 6) is 2.51. The Bertz CT molecular complexity index is 517. The Hall–Kier alpha value is -1.24. The molecule has 1 heterocycles. The zero-order valence-electron chi connectivity index (χ0n) is 9.73. The van der Waals surface area contributed by atoms with Crippen molar-refractivity contribution >= 4 is 6.08 Å². The molecule has 1 saturated carbocycles. The van der Waals surface area contributed by atoms with Crippen LogP contribution in [0.3, 0.4) is 0 Å². The van der Waals surface area contributed by atoms with Crippen molar-refractivity contribution < 1.29 is 4.42 Å². The van der Waals surface area contributed by atoms with Crippen LogP contribution in [0.15, 0.2) is 35.0 Å². The minimum Gasteiger partial charge on any atom is -0.465 e. The fourth-order valence-corrected chi connectivity index (χ4v) is 4.11. The molecule has 0 aromatic carbocycles. The van der Waals surface area contributed by atoms with Gasteiger partial charge in [0.05, 0.1) is 6.26 Å². The van der Waals surface area contributed by atoms with Gasteiger partial charge in [-0.2, -0.15) is 0 Å². The minimum absolute atomic E-state index is 0.318. The summed E-state index contributed by atoms with van der Waals surface area (Å²) in [7, 11) is 0. The van der Waals surface area contributed by atoms with E-state index >= 15 is 0 Å². The van der Waals surface area contributed by atoms with E-state index in [1.165, 1.54) is 12.0 Å². The van der Waals surface area contributed by atoms with E-state index in [0.717, 1.165) is 11.7 Å². The lowest BCUT2D eigenvalue weighted by atomic mass is 9.76. The molecule has 1 aromatic heterocycles. The first kappa shape index (κ1) is 8.86. The highest BCUT2D eigenvalue weighted by atomic mass is 16.3. The zero-order valence-corrected chi connectivity index (χ0v) is 9.73. The average molecular weight is 212 g/mol. The molecule has 0 aliphatic heterocycles. The molecule has 0 bridgehead atoms. The summed E-state index contributed by atoms with van der Waals surface area (Å²) in [5, 5.41) is 0. The second-order valence-corrected chi connectivity index (χ2v) is 6.12. The molecule has 0 N–H and O–H groups in total. The molecule has 3 aliphatic rings. The van der Waals surface area contributed by atoms with Crippen LogP contribution in [-0.4, -0.2) is 0 Å². The standard InChI is InChI=1S/C15H16O/c1-14(2)6-3-7-15-8-4-11-10(5-9-16-11)12(15)13(14)15/h3-5,7-9,12-13H,6H2,1-2H3. The van der Waals surface area contributed by atoms with Crippen LogP contribution >= 0.6 is 0 Å². The van der Waals surface area contributed by atoms with Crippen molar-refractivity contribution in [3.8, 4) is 0 Å². The van der Waals surface area contributed by atoms with Gasteiger partial charge in [-0.15, -0.1) is 0 Å². The van der Waals surface area contributed by atoms with Gasteiger partial charge in [-0.3, -0.25) is 0 Å². The number of hydrogen-bond donors (Lipinski definition) is 0. The molecule has 82 valence electrons. The van der Waals surface area contributed by atoms with Gasteiger partial charge >= 0.3 is 0 Å². The minimum atomic E-state index is 0.318. The summed E-state index contributed by atoms with van der Waals surface area (Å²) in [6.45, 7) is 4.80. The Balaban J connectivity index is 1.91. The Labute approximate surface area is 95.8 Å². The first-order valence-corrected chi connectivity index (χ1v) is 6.09. The zero-order chi connectivity index (χ0) is 11.0. The molecule has 0 radical (unpaired) electrons. The van der Waals surface area contributed by atoms with E-state index in [1.54, 1.807) is 0 Å². The predicted octanol–water partition coefficient (Wildman–Crippen LogP) is 3.99. The van der Waals surface area contributed by atoms with Crippen molar-refractivity contribution in [1.82, 2.24) is 0 Å². The smallest absolute Gasteiger partial charge is 0.129 e. The van der Waals surface area contributed by atoms with Gasteiger partial charge in [-0.1, -0.05) is 32.1 Å². The van der Waals surface area contributed by atoms with Crippen molar-refractivity contribution in [3.63, 3.8) is 0 Å². The first-order chi connectivity index (χ1) is 7.65. The Morgan fingerprint density at radius 1 is 1.31 bits per heavy atom. The molecule has 3 aliphatic carbocycles. The maximum absolute atomic E-state index is 5.51. The van der Waals surface area contributed by atoms with Gasteiger partial charge in [0, 0.05) is 16.9 Å². The van der Waals surface area contributed by atoms with Crippen LogP contribution in [0, 0.1) is 16.7 Å². The lowest BCUT2D eigenvalue weighted by Gasteiger charge is -2.28. The summed E-state index contributed by atoms with van der Waals surface area (Å²) in [6.07, 6.45) is 12.4. The average Bonchev–Trinajstić information content (AvgIpc) is 2.73. The third-order valence-corrected chi connectivity index (χ3v) is 4.78. The molecule has 1 nitrogen and oxygen atoms in total. The third-order valence-electron chi connectivity index (χ3n) is 4.78. The van der Waals surface area contributed by atoms with E-state index in [0.29, 0.717) is 16.7 Å². The van der Waals surface area contributed by atoms with E-state index in [-0.39, 0.29) is 0 Å². The second kappa shape index (κ2) is 2.37. The summed E-state index contributed by atoms with van der Waals surface area (Å²) in [4.78, 5) is 0. The maximum atomic E-state index is 5.51. The number of rotatable bonds is 0. The van der Waals surface area contributed by atoms with Crippen LogP contribution in [0.1, 0.15) is 37.5 Å². The molecule has 0 amide bonds. The largest absolute Gasteiger partial charge is 0.465 e. The van der Waals surface area contributed by atoms with E-state index in [4.69, 9.17) is 4.42 Å². The van der Waals surface area contributed by atoms with E-state index in [9.17, 15) is 0 Å². The highest BCUT2D eigenvalue weighted by Crippen LogP contribution is 2.76. The number of furan rings is 1. The Morgan fingerprint density at radius 3 is 3.06 bits per heavy atom. The lowest BCUT2D eigenvalue weighted by molar-refractivity contribution is 0.275. The molecular weight excluding hydrogens is 196 g/mol. The first-order valence-electron chi connectivity index (χ1n) is 6.09. The van der Waals surface area contributed by atoms with Crippen molar-refractivity contribution in [1.29, 1.82) is 0 Å². The van der Waals surface area contributed by atoms with Gasteiger partial charge in [0.15, 0.2) is 0 Å². The van der Waals surface area contributed by atoms with E-state index in [2.05, 4.69) is 44.2 Å². The highest BCUT2D eigenvalue weighted by Gasteiger charge is 2.69. The van der Waals surface area contributed by atoms with Gasteiger partial charge in [0.25, 0.3) is 0 Å². The Morgan fingerprint density at radius 2 is 2.19 bits per heavy atom. The van der Waals surface area contributed by atoms with Gasteiger partial charge in [0.1, 0.15) is 5.76 Å². The van der Waals surface area contributed by atoms with Crippen LogP contribution in [0.5, 0.6) is 0 Å². The number of hydrogen-bond acceptors (Lipinski definition) is 1. The molecule has 1 fully saturated rings. The molecule has 4 rings (SSSR count). The number of allylic oxidation sites excluding steroid dienone is 3.